The molecule has 0 unspecified atom stereocenters. The molecule has 0 aliphatic heterocycles. The van der Waals surface area contributed by atoms with E-state index >= 15 is 0 Å². The maximum Gasteiger partial charge on any atom is 0.150 e. The second-order valence-electron chi connectivity index (χ2n) is 4.47. The first-order valence-corrected chi connectivity index (χ1v) is 6.06. The molecule has 16 heavy (non-hydrogen) atoms. The van der Waals surface area contributed by atoms with Crippen molar-refractivity contribution in [3.8, 4) is 5.75 Å². The molecule has 1 aromatic carbocycles. The van der Waals surface area contributed by atoms with Gasteiger partial charge in [0.15, 0.2) is 0 Å². The van der Waals surface area contributed by atoms with Crippen LogP contribution in [0.5, 0.6) is 5.75 Å². The van der Waals surface area contributed by atoms with Gasteiger partial charge >= 0.3 is 0 Å². The fourth-order valence-electron chi connectivity index (χ4n) is 2.29. The molecule has 0 aromatic heterocycles. The molecule has 0 bridgehead atoms. The summed E-state index contributed by atoms with van der Waals surface area (Å²) >= 11 is 0. The van der Waals surface area contributed by atoms with Crippen molar-refractivity contribution in [1.82, 2.24) is 0 Å². The van der Waals surface area contributed by atoms with E-state index in [1.54, 1.807) is 12.1 Å². The Bertz CT molecular complexity index is 323. The molecule has 0 radical (unpaired) electrons. The zero-order valence-corrected chi connectivity index (χ0v) is 9.52. The van der Waals surface area contributed by atoms with Gasteiger partial charge in [0.25, 0.3) is 0 Å². The van der Waals surface area contributed by atoms with Gasteiger partial charge in [-0.1, -0.05) is 25.7 Å². The molecule has 1 saturated carbocycles. The van der Waals surface area contributed by atoms with Gasteiger partial charge in [-0.05, 0) is 36.6 Å². The van der Waals surface area contributed by atoms with Gasteiger partial charge in [0.05, 0.1) is 6.61 Å². The Kier molecular flexibility index (Phi) is 3.97. The van der Waals surface area contributed by atoms with Crippen molar-refractivity contribution in [3.05, 3.63) is 29.8 Å². The highest BCUT2D eigenvalue weighted by atomic mass is 16.5. The molecule has 0 spiro atoms. The minimum atomic E-state index is 0.697. The summed E-state index contributed by atoms with van der Waals surface area (Å²) in [6, 6.07) is 7.30. The number of benzene rings is 1. The maximum absolute atomic E-state index is 10.5. The predicted octanol–water partition coefficient (Wildman–Crippen LogP) is 3.46. The molecular weight excluding hydrogens is 200 g/mol. The van der Waals surface area contributed by atoms with Crippen LogP contribution in [0.1, 0.15) is 42.5 Å². The summed E-state index contributed by atoms with van der Waals surface area (Å²) in [4.78, 5) is 10.5. The van der Waals surface area contributed by atoms with Crippen molar-refractivity contribution >= 4 is 6.29 Å². The van der Waals surface area contributed by atoms with Crippen molar-refractivity contribution in [3.63, 3.8) is 0 Å². The minimum Gasteiger partial charge on any atom is -0.494 e. The number of aldehydes is 1. The van der Waals surface area contributed by atoms with Crippen molar-refractivity contribution in [1.29, 1.82) is 0 Å². The molecule has 2 nitrogen and oxygen atoms in total. The number of hydrogen-bond acceptors (Lipinski definition) is 2. The first-order valence-electron chi connectivity index (χ1n) is 6.06. The van der Waals surface area contributed by atoms with Gasteiger partial charge < -0.3 is 4.74 Å². The number of ether oxygens (including phenoxy) is 1. The minimum absolute atomic E-state index is 0.697. The lowest BCUT2D eigenvalue weighted by Crippen LogP contribution is -2.03. The molecule has 2 rings (SSSR count). The molecule has 1 aromatic rings. The van der Waals surface area contributed by atoms with Crippen molar-refractivity contribution in [2.45, 2.75) is 32.1 Å². The topological polar surface area (TPSA) is 26.3 Å². The Morgan fingerprint density at radius 1 is 1.19 bits per heavy atom. The second-order valence-corrected chi connectivity index (χ2v) is 4.47. The summed E-state index contributed by atoms with van der Waals surface area (Å²) in [5.74, 6) is 1.73. The number of carbonyl (C=O) groups excluding carboxylic acids is 1. The lowest BCUT2D eigenvalue weighted by Gasteiger charge is -2.10. The molecule has 0 atom stereocenters. The number of carbonyl (C=O) groups is 1. The third kappa shape index (κ3) is 3.09. The van der Waals surface area contributed by atoms with Gasteiger partial charge in [0, 0.05) is 5.56 Å². The summed E-state index contributed by atoms with van der Waals surface area (Å²) in [5, 5.41) is 0. The van der Waals surface area contributed by atoms with Crippen LogP contribution in [0.25, 0.3) is 0 Å². The van der Waals surface area contributed by atoms with Crippen LogP contribution in [-0.4, -0.2) is 12.9 Å². The molecule has 1 aliphatic rings. The van der Waals surface area contributed by atoms with Crippen LogP contribution in [0.2, 0.25) is 0 Å². The van der Waals surface area contributed by atoms with E-state index in [1.165, 1.54) is 25.7 Å². The van der Waals surface area contributed by atoms with Crippen LogP contribution in [0.4, 0.5) is 0 Å². The predicted molar refractivity (Wildman–Crippen MR) is 63.9 cm³/mol. The molecular formula is C14H18O2. The Morgan fingerprint density at radius 2 is 1.88 bits per heavy atom. The number of hydrogen-bond donors (Lipinski definition) is 0. The smallest absolute Gasteiger partial charge is 0.150 e. The highest BCUT2D eigenvalue weighted by Gasteiger charge is 2.14. The SMILES string of the molecule is O=Cc1ccc(OCCC2CCCC2)cc1. The maximum atomic E-state index is 10.5. The zero-order chi connectivity index (χ0) is 11.2. The summed E-state index contributed by atoms with van der Waals surface area (Å²) in [6.07, 6.45) is 7.52. The molecule has 0 saturated heterocycles. The van der Waals surface area contributed by atoms with Gasteiger partial charge in [-0.15, -0.1) is 0 Å². The average molecular weight is 218 g/mol. The Morgan fingerprint density at radius 3 is 2.50 bits per heavy atom. The Labute approximate surface area is 96.6 Å². The molecule has 86 valence electrons. The van der Waals surface area contributed by atoms with E-state index < -0.39 is 0 Å². The van der Waals surface area contributed by atoms with Crippen molar-refractivity contribution in [2.24, 2.45) is 5.92 Å². The third-order valence-corrected chi connectivity index (χ3v) is 3.29. The van der Waals surface area contributed by atoms with E-state index in [-0.39, 0.29) is 0 Å². The molecule has 0 amide bonds. The molecule has 0 N–H and O–H groups in total. The van der Waals surface area contributed by atoms with Crippen LogP contribution >= 0.6 is 0 Å². The highest BCUT2D eigenvalue weighted by molar-refractivity contribution is 5.74. The fraction of sp³-hybridized carbons (Fsp3) is 0.500. The van der Waals surface area contributed by atoms with Crippen LogP contribution in [0.15, 0.2) is 24.3 Å². The second kappa shape index (κ2) is 5.69. The quantitative estimate of drug-likeness (QED) is 0.707. The van der Waals surface area contributed by atoms with E-state index in [1.807, 2.05) is 12.1 Å². The molecule has 0 heterocycles. The zero-order valence-electron chi connectivity index (χ0n) is 9.52. The molecule has 2 heteroatoms. The normalized spacial score (nSPS) is 16.2. The van der Waals surface area contributed by atoms with Crippen molar-refractivity contribution in [2.75, 3.05) is 6.61 Å². The van der Waals surface area contributed by atoms with E-state index in [0.717, 1.165) is 31.0 Å². The van der Waals surface area contributed by atoms with Gasteiger partial charge in [-0.2, -0.15) is 0 Å². The molecule has 1 aliphatic carbocycles. The van der Waals surface area contributed by atoms with Crippen molar-refractivity contribution < 1.29 is 9.53 Å². The summed E-state index contributed by atoms with van der Waals surface area (Å²) in [6.45, 7) is 0.797. The van der Waals surface area contributed by atoms with Crippen LogP contribution in [-0.2, 0) is 0 Å². The lowest BCUT2D eigenvalue weighted by atomic mass is 10.1. The summed E-state index contributed by atoms with van der Waals surface area (Å²) in [7, 11) is 0. The van der Waals surface area contributed by atoms with Crippen LogP contribution in [0.3, 0.4) is 0 Å². The van der Waals surface area contributed by atoms with Gasteiger partial charge in [0.2, 0.25) is 0 Å². The third-order valence-electron chi connectivity index (χ3n) is 3.29. The van der Waals surface area contributed by atoms with E-state index in [2.05, 4.69) is 0 Å². The van der Waals surface area contributed by atoms with Crippen LogP contribution in [0, 0.1) is 5.92 Å². The average Bonchev–Trinajstić information content (AvgIpc) is 2.83. The first-order chi connectivity index (χ1) is 7.88. The van der Waals surface area contributed by atoms with E-state index in [4.69, 9.17) is 4.74 Å². The van der Waals surface area contributed by atoms with E-state index in [9.17, 15) is 4.79 Å². The van der Waals surface area contributed by atoms with Gasteiger partial charge in [-0.25, -0.2) is 0 Å². The van der Waals surface area contributed by atoms with Crippen LogP contribution < -0.4 is 4.74 Å². The first kappa shape index (κ1) is 11.2. The number of rotatable bonds is 5. The lowest BCUT2D eigenvalue weighted by molar-refractivity contribution is 0.112. The highest BCUT2D eigenvalue weighted by Crippen LogP contribution is 2.27. The Balaban J connectivity index is 1.73. The van der Waals surface area contributed by atoms with Gasteiger partial charge in [-0.3, -0.25) is 4.79 Å². The van der Waals surface area contributed by atoms with E-state index in [0.29, 0.717) is 5.56 Å². The van der Waals surface area contributed by atoms with Gasteiger partial charge in [0.1, 0.15) is 12.0 Å². The standard InChI is InChI=1S/C14H18O2/c15-11-13-5-7-14(8-6-13)16-10-9-12-3-1-2-4-12/h5-8,11-12H,1-4,9-10H2. The largest absolute Gasteiger partial charge is 0.494 e. The molecule has 1 fully saturated rings. The monoisotopic (exact) mass is 218 g/mol. The summed E-state index contributed by atoms with van der Waals surface area (Å²) in [5.41, 5.74) is 0.697. The summed E-state index contributed by atoms with van der Waals surface area (Å²) < 4.78 is 5.65. The fourth-order valence-corrected chi connectivity index (χ4v) is 2.29. The Hall–Kier alpha value is -1.31.